The molecule has 0 spiro atoms. The third-order valence-corrected chi connectivity index (χ3v) is 3.62. The van der Waals surface area contributed by atoms with Crippen LogP contribution in [0.3, 0.4) is 0 Å². The van der Waals surface area contributed by atoms with Gasteiger partial charge in [-0.2, -0.15) is 4.98 Å². The molecule has 6 heteroatoms. The number of nitrogens with zero attached hydrogens (tertiary/aromatic N) is 2. The first-order chi connectivity index (χ1) is 8.19. The molecule has 0 aliphatic carbocycles. The molecule has 0 aliphatic heterocycles. The normalized spacial score (nSPS) is 10.5. The summed E-state index contributed by atoms with van der Waals surface area (Å²) >= 11 is 7.30. The lowest BCUT2D eigenvalue weighted by atomic mass is 10.3. The third-order valence-electron chi connectivity index (χ3n) is 2.21. The Balaban J connectivity index is 2.04. The van der Waals surface area contributed by atoms with Gasteiger partial charge in [0.05, 0.1) is 12.7 Å². The van der Waals surface area contributed by atoms with Crippen molar-refractivity contribution in [2.45, 2.75) is 19.9 Å². The first-order valence-corrected chi connectivity index (χ1v) is 6.38. The summed E-state index contributed by atoms with van der Waals surface area (Å²) in [5.41, 5.74) is 0. The average molecular weight is 272 g/mol. The number of nitrogens with one attached hydrogen (secondary N) is 1. The second kappa shape index (κ2) is 5.42. The molecule has 0 fully saturated rings. The first-order valence-electron chi connectivity index (χ1n) is 5.18. The molecule has 0 amide bonds. The predicted octanol–water partition coefficient (Wildman–Crippen LogP) is 3.51. The standard InChI is InChI=1S/C11H11ClFN3S/c1-2-7-3-4-8(17-7)5-14-10-9(13)6-15-11(12)16-10/h3-4,6H,2,5H2,1H3,(H,14,15,16). The molecule has 2 heterocycles. The number of hydrogen-bond donors (Lipinski definition) is 1. The van der Waals surface area contributed by atoms with Crippen molar-refractivity contribution in [2.75, 3.05) is 5.32 Å². The maximum absolute atomic E-state index is 13.3. The fourth-order valence-electron chi connectivity index (χ4n) is 1.35. The molecule has 0 aromatic carbocycles. The number of thiophene rings is 1. The lowest BCUT2D eigenvalue weighted by Crippen LogP contribution is -2.03. The van der Waals surface area contributed by atoms with E-state index in [2.05, 4.69) is 28.3 Å². The Morgan fingerprint density at radius 1 is 1.41 bits per heavy atom. The zero-order valence-corrected chi connectivity index (χ0v) is 10.8. The summed E-state index contributed by atoms with van der Waals surface area (Å²) in [4.78, 5) is 9.78. The minimum absolute atomic E-state index is 0.0364. The van der Waals surface area contributed by atoms with E-state index in [1.54, 1.807) is 11.3 Å². The van der Waals surface area contributed by atoms with E-state index in [1.165, 1.54) is 4.88 Å². The molecular formula is C11H11ClFN3S. The molecule has 2 aromatic heterocycles. The lowest BCUT2D eigenvalue weighted by Gasteiger charge is -2.04. The van der Waals surface area contributed by atoms with E-state index in [0.717, 1.165) is 17.5 Å². The van der Waals surface area contributed by atoms with Gasteiger partial charge in [-0.25, -0.2) is 9.37 Å². The van der Waals surface area contributed by atoms with Gasteiger partial charge in [0.2, 0.25) is 5.28 Å². The SMILES string of the molecule is CCc1ccc(CNc2nc(Cl)ncc2F)s1. The lowest BCUT2D eigenvalue weighted by molar-refractivity contribution is 0.616. The van der Waals surface area contributed by atoms with Crippen molar-refractivity contribution < 1.29 is 4.39 Å². The second-order valence-electron chi connectivity index (χ2n) is 3.41. The predicted molar refractivity (Wildman–Crippen MR) is 68.0 cm³/mol. The van der Waals surface area contributed by atoms with Crippen molar-refractivity contribution in [1.29, 1.82) is 0 Å². The quantitative estimate of drug-likeness (QED) is 0.865. The summed E-state index contributed by atoms with van der Waals surface area (Å²) in [6, 6.07) is 4.10. The molecule has 0 aliphatic rings. The molecule has 1 N–H and O–H groups in total. The van der Waals surface area contributed by atoms with Crippen molar-refractivity contribution in [1.82, 2.24) is 9.97 Å². The van der Waals surface area contributed by atoms with Crippen LogP contribution in [0.4, 0.5) is 10.2 Å². The largest absolute Gasteiger partial charge is 0.363 e. The number of halogens is 2. The van der Waals surface area contributed by atoms with Crippen molar-refractivity contribution >= 4 is 28.8 Å². The summed E-state index contributed by atoms with van der Waals surface area (Å²) in [6.07, 6.45) is 2.07. The van der Waals surface area contributed by atoms with E-state index >= 15 is 0 Å². The molecule has 2 aromatic rings. The minimum atomic E-state index is -0.498. The van der Waals surface area contributed by atoms with Crippen LogP contribution >= 0.6 is 22.9 Å². The summed E-state index contributed by atoms with van der Waals surface area (Å²) in [5, 5.41) is 2.94. The van der Waals surface area contributed by atoms with Crippen LogP contribution in [0.15, 0.2) is 18.3 Å². The fraction of sp³-hybridized carbons (Fsp3) is 0.273. The molecule has 2 rings (SSSR count). The van der Waals surface area contributed by atoms with E-state index in [-0.39, 0.29) is 11.1 Å². The molecule has 0 bridgehead atoms. The van der Waals surface area contributed by atoms with Gasteiger partial charge in [-0.3, -0.25) is 0 Å². The number of aromatic nitrogens is 2. The van der Waals surface area contributed by atoms with Gasteiger partial charge >= 0.3 is 0 Å². The molecule has 17 heavy (non-hydrogen) atoms. The summed E-state index contributed by atoms with van der Waals surface area (Å²) in [7, 11) is 0. The van der Waals surface area contributed by atoms with Gasteiger partial charge in [-0.15, -0.1) is 11.3 Å². The number of hydrogen-bond acceptors (Lipinski definition) is 4. The van der Waals surface area contributed by atoms with Crippen LogP contribution in [-0.2, 0) is 13.0 Å². The smallest absolute Gasteiger partial charge is 0.224 e. The van der Waals surface area contributed by atoms with Crippen molar-refractivity contribution in [2.24, 2.45) is 0 Å². The van der Waals surface area contributed by atoms with Crippen LogP contribution < -0.4 is 5.32 Å². The maximum Gasteiger partial charge on any atom is 0.224 e. The molecular weight excluding hydrogens is 261 g/mol. The third kappa shape index (κ3) is 3.14. The number of rotatable bonds is 4. The highest BCUT2D eigenvalue weighted by Crippen LogP contribution is 2.19. The molecule has 0 saturated heterocycles. The Hall–Kier alpha value is -1.20. The van der Waals surface area contributed by atoms with Crippen LogP contribution in [0.2, 0.25) is 5.28 Å². The van der Waals surface area contributed by atoms with Gasteiger partial charge in [0.25, 0.3) is 0 Å². The van der Waals surface area contributed by atoms with Crippen molar-refractivity contribution in [3.63, 3.8) is 0 Å². The Kier molecular flexibility index (Phi) is 3.91. The summed E-state index contributed by atoms with van der Waals surface area (Å²) in [6.45, 7) is 2.64. The van der Waals surface area contributed by atoms with Gasteiger partial charge in [-0.05, 0) is 30.2 Å². The number of aryl methyl sites for hydroxylation is 1. The van der Waals surface area contributed by atoms with Gasteiger partial charge in [-0.1, -0.05) is 6.92 Å². The van der Waals surface area contributed by atoms with Crippen LogP contribution in [0, 0.1) is 5.82 Å². The van der Waals surface area contributed by atoms with E-state index < -0.39 is 5.82 Å². The van der Waals surface area contributed by atoms with E-state index in [0.29, 0.717) is 6.54 Å². The van der Waals surface area contributed by atoms with Gasteiger partial charge in [0.1, 0.15) is 0 Å². The Bertz CT molecular complexity index is 515. The fourth-order valence-corrected chi connectivity index (χ4v) is 2.38. The van der Waals surface area contributed by atoms with E-state index in [1.807, 2.05) is 6.07 Å². The highest BCUT2D eigenvalue weighted by molar-refractivity contribution is 7.12. The maximum atomic E-state index is 13.3. The summed E-state index contributed by atoms with van der Waals surface area (Å²) < 4.78 is 13.3. The van der Waals surface area contributed by atoms with Gasteiger partial charge in [0, 0.05) is 9.75 Å². The Morgan fingerprint density at radius 2 is 2.18 bits per heavy atom. The molecule has 0 unspecified atom stereocenters. The van der Waals surface area contributed by atoms with E-state index in [4.69, 9.17) is 11.6 Å². The topological polar surface area (TPSA) is 37.8 Å². The van der Waals surface area contributed by atoms with Crippen LogP contribution in [0.1, 0.15) is 16.7 Å². The van der Waals surface area contributed by atoms with Crippen molar-refractivity contribution in [3.05, 3.63) is 39.2 Å². The van der Waals surface area contributed by atoms with Gasteiger partial charge in [0.15, 0.2) is 11.6 Å². The van der Waals surface area contributed by atoms with Crippen LogP contribution in [0.5, 0.6) is 0 Å². The zero-order chi connectivity index (χ0) is 12.3. The average Bonchev–Trinajstić information content (AvgIpc) is 2.78. The highest BCUT2D eigenvalue weighted by atomic mass is 35.5. The highest BCUT2D eigenvalue weighted by Gasteiger charge is 2.06. The monoisotopic (exact) mass is 271 g/mol. The molecule has 0 radical (unpaired) electrons. The first kappa shape index (κ1) is 12.3. The molecule has 3 nitrogen and oxygen atoms in total. The Labute approximate surface area is 108 Å². The second-order valence-corrected chi connectivity index (χ2v) is 5.00. The molecule has 0 atom stereocenters. The molecule has 0 saturated carbocycles. The van der Waals surface area contributed by atoms with Crippen LogP contribution in [0.25, 0.3) is 0 Å². The molecule has 90 valence electrons. The summed E-state index contributed by atoms with van der Waals surface area (Å²) in [5.74, 6) is -0.363. The Morgan fingerprint density at radius 3 is 2.88 bits per heavy atom. The number of anilines is 1. The zero-order valence-electron chi connectivity index (χ0n) is 9.20. The van der Waals surface area contributed by atoms with Gasteiger partial charge < -0.3 is 5.32 Å². The van der Waals surface area contributed by atoms with Crippen molar-refractivity contribution in [3.8, 4) is 0 Å². The minimum Gasteiger partial charge on any atom is -0.363 e. The van der Waals surface area contributed by atoms with E-state index in [9.17, 15) is 4.39 Å². The van der Waals surface area contributed by atoms with Crippen LogP contribution in [-0.4, -0.2) is 9.97 Å².